The Morgan fingerprint density at radius 3 is 2.34 bits per heavy atom. The van der Waals surface area contributed by atoms with Crippen LogP contribution >= 0.6 is 39.7 Å². The lowest BCUT2D eigenvalue weighted by Crippen LogP contribution is -2.36. The van der Waals surface area contributed by atoms with E-state index in [0.717, 1.165) is 14.7 Å². The predicted molar refractivity (Wildman–Crippen MR) is 123 cm³/mol. The van der Waals surface area contributed by atoms with Gasteiger partial charge in [0.05, 0.1) is 22.9 Å². The van der Waals surface area contributed by atoms with Gasteiger partial charge in [-0.05, 0) is 56.6 Å². The van der Waals surface area contributed by atoms with Crippen LogP contribution in [0.1, 0.15) is 20.7 Å². The van der Waals surface area contributed by atoms with Crippen molar-refractivity contribution < 1.29 is 14.3 Å². The molecule has 9 heteroatoms. The number of carbonyl (C=O) groups excluding carboxylic acids is 2. The summed E-state index contributed by atoms with van der Waals surface area (Å²) in [6.45, 7) is 1.21. The van der Waals surface area contributed by atoms with Gasteiger partial charge in [0.2, 0.25) is 0 Å². The number of amides is 1. The number of carbonyl (C=O) groups is 2. The van der Waals surface area contributed by atoms with Crippen LogP contribution in [0.2, 0.25) is 0 Å². The zero-order valence-corrected chi connectivity index (χ0v) is 19.4. The Morgan fingerprint density at radius 2 is 1.72 bits per heavy atom. The van der Waals surface area contributed by atoms with E-state index in [1.807, 2.05) is 37.2 Å². The minimum Gasteiger partial charge on any atom is -0.465 e. The van der Waals surface area contributed by atoms with Crippen LogP contribution in [-0.2, 0) is 4.74 Å². The number of ether oxygens (including phenoxy) is 1. The first-order valence-electron chi connectivity index (χ1n) is 8.60. The molecule has 2 aromatic carbocycles. The summed E-state index contributed by atoms with van der Waals surface area (Å²) in [5, 5.41) is 0.650. The molecule has 1 aromatic heterocycles. The average Bonchev–Trinajstić information content (AvgIpc) is 3.10. The van der Waals surface area contributed by atoms with Gasteiger partial charge >= 0.3 is 5.97 Å². The van der Waals surface area contributed by atoms with Crippen molar-refractivity contribution in [2.24, 2.45) is 0 Å². The van der Waals surface area contributed by atoms with Crippen molar-refractivity contribution in [1.29, 1.82) is 0 Å². The van der Waals surface area contributed by atoms with E-state index in [4.69, 9.17) is 4.74 Å². The van der Waals surface area contributed by atoms with Crippen LogP contribution in [0.3, 0.4) is 0 Å². The molecule has 0 saturated heterocycles. The first-order valence-corrected chi connectivity index (χ1v) is 10.2. The smallest absolute Gasteiger partial charge is 0.337 e. The number of anilines is 1. The normalized spacial score (nSPS) is 10.7. The number of nitrogens with zero attached hydrogens (tertiary/aromatic N) is 3. The molecule has 3 rings (SSSR count). The van der Waals surface area contributed by atoms with Crippen molar-refractivity contribution in [3.8, 4) is 0 Å². The van der Waals surface area contributed by atoms with Crippen molar-refractivity contribution in [3.05, 3.63) is 58.1 Å². The van der Waals surface area contributed by atoms with E-state index in [9.17, 15) is 9.59 Å². The van der Waals surface area contributed by atoms with Crippen LogP contribution in [0.25, 0.3) is 10.2 Å². The van der Waals surface area contributed by atoms with Gasteiger partial charge in [0.25, 0.3) is 5.91 Å². The number of hydrogen-bond acceptors (Lipinski definition) is 6. The SMILES string of the molecule is COC(=O)c1ccc(C(=O)N(CCN(C)C)c2nc3ccc(Br)cc3s2)cc1.Cl. The third-order valence-electron chi connectivity index (χ3n) is 4.14. The second-order valence-electron chi connectivity index (χ2n) is 6.44. The first kappa shape index (κ1) is 23.3. The highest BCUT2D eigenvalue weighted by Gasteiger charge is 2.22. The number of hydrogen-bond donors (Lipinski definition) is 0. The Hall–Kier alpha value is -2.00. The van der Waals surface area contributed by atoms with Gasteiger partial charge in [-0.15, -0.1) is 12.4 Å². The summed E-state index contributed by atoms with van der Waals surface area (Å²) in [5.74, 6) is -0.586. The number of halogens is 2. The Morgan fingerprint density at radius 1 is 1.07 bits per heavy atom. The van der Waals surface area contributed by atoms with E-state index in [1.54, 1.807) is 29.2 Å². The third-order valence-corrected chi connectivity index (χ3v) is 5.67. The molecule has 0 unspecified atom stereocenters. The fourth-order valence-corrected chi connectivity index (χ4v) is 4.15. The molecule has 0 fully saturated rings. The number of likely N-dealkylation sites (N-methyl/N-ethyl adjacent to an activating group) is 1. The van der Waals surface area contributed by atoms with Gasteiger partial charge in [0, 0.05) is 23.1 Å². The molecule has 0 spiro atoms. The Kier molecular flexibility index (Phi) is 8.15. The van der Waals surface area contributed by atoms with Gasteiger partial charge in [-0.1, -0.05) is 27.3 Å². The van der Waals surface area contributed by atoms with Crippen molar-refractivity contribution in [2.45, 2.75) is 0 Å². The summed E-state index contributed by atoms with van der Waals surface area (Å²) in [6.07, 6.45) is 0. The Balaban J connectivity index is 0.00000300. The maximum Gasteiger partial charge on any atom is 0.337 e. The van der Waals surface area contributed by atoms with E-state index >= 15 is 0 Å². The van der Waals surface area contributed by atoms with Crippen molar-refractivity contribution in [2.75, 3.05) is 39.2 Å². The minimum absolute atomic E-state index is 0. The van der Waals surface area contributed by atoms with Crippen LogP contribution in [0.15, 0.2) is 46.9 Å². The monoisotopic (exact) mass is 497 g/mol. The molecule has 0 radical (unpaired) electrons. The summed E-state index contributed by atoms with van der Waals surface area (Å²) in [4.78, 5) is 33.2. The zero-order valence-electron chi connectivity index (χ0n) is 16.2. The number of thiazole rings is 1. The van der Waals surface area contributed by atoms with E-state index in [-0.39, 0.29) is 18.3 Å². The number of aromatic nitrogens is 1. The molecule has 6 nitrogen and oxygen atoms in total. The minimum atomic E-state index is -0.430. The third kappa shape index (κ3) is 5.54. The van der Waals surface area contributed by atoms with Gasteiger partial charge in [-0.25, -0.2) is 9.78 Å². The summed E-state index contributed by atoms with van der Waals surface area (Å²) in [7, 11) is 5.25. The summed E-state index contributed by atoms with van der Waals surface area (Å²) in [6, 6.07) is 12.3. The summed E-state index contributed by atoms with van der Waals surface area (Å²) >= 11 is 4.95. The number of esters is 1. The molecule has 0 bridgehead atoms. The maximum atomic E-state index is 13.2. The highest BCUT2D eigenvalue weighted by molar-refractivity contribution is 9.10. The van der Waals surface area contributed by atoms with Crippen molar-refractivity contribution >= 4 is 66.9 Å². The number of fused-ring (bicyclic) bond motifs is 1. The molecule has 0 atom stereocenters. The molecular formula is C20H21BrClN3O3S. The molecule has 0 saturated carbocycles. The molecule has 0 aliphatic heterocycles. The molecule has 0 aliphatic carbocycles. The largest absolute Gasteiger partial charge is 0.465 e. The van der Waals surface area contributed by atoms with E-state index < -0.39 is 5.97 Å². The molecule has 154 valence electrons. The number of methoxy groups -OCH3 is 1. The lowest BCUT2D eigenvalue weighted by molar-refractivity contribution is 0.0600. The topological polar surface area (TPSA) is 62.7 Å². The lowest BCUT2D eigenvalue weighted by Gasteiger charge is -2.22. The molecular weight excluding hydrogens is 478 g/mol. The standard InChI is InChI=1S/C20H20BrN3O3S.ClH/c1-23(2)10-11-24(20-22-16-9-8-15(21)12-17(16)28-20)18(25)13-4-6-14(7-5-13)19(26)27-3;/h4-9,12H,10-11H2,1-3H3;1H. The van der Waals surface area contributed by atoms with Gasteiger partial charge in [-0.2, -0.15) is 0 Å². The van der Waals surface area contributed by atoms with Crippen LogP contribution in [0.4, 0.5) is 5.13 Å². The van der Waals surface area contributed by atoms with E-state index in [1.165, 1.54) is 18.4 Å². The maximum absolute atomic E-state index is 13.2. The lowest BCUT2D eigenvalue weighted by atomic mass is 10.1. The van der Waals surface area contributed by atoms with Gasteiger partial charge in [0.15, 0.2) is 5.13 Å². The highest BCUT2D eigenvalue weighted by Crippen LogP contribution is 2.31. The summed E-state index contributed by atoms with van der Waals surface area (Å²) < 4.78 is 6.69. The van der Waals surface area contributed by atoms with E-state index in [0.29, 0.717) is 29.3 Å². The van der Waals surface area contributed by atoms with Crippen LogP contribution in [0, 0.1) is 0 Å². The van der Waals surface area contributed by atoms with Crippen molar-refractivity contribution in [3.63, 3.8) is 0 Å². The fourth-order valence-electron chi connectivity index (χ4n) is 2.61. The average molecular weight is 499 g/mol. The van der Waals surface area contributed by atoms with Crippen LogP contribution < -0.4 is 4.90 Å². The molecule has 1 heterocycles. The molecule has 3 aromatic rings. The highest BCUT2D eigenvalue weighted by atomic mass is 79.9. The number of rotatable bonds is 6. The van der Waals surface area contributed by atoms with Gasteiger partial charge in [-0.3, -0.25) is 9.69 Å². The molecule has 0 aliphatic rings. The summed E-state index contributed by atoms with van der Waals surface area (Å²) in [5.41, 5.74) is 1.75. The quantitative estimate of drug-likeness (QED) is 0.469. The molecule has 0 N–H and O–H groups in total. The molecule has 1 amide bonds. The van der Waals surface area contributed by atoms with Crippen molar-refractivity contribution in [1.82, 2.24) is 9.88 Å². The fraction of sp³-hybridized carbons (Fsp3) is 0.250. The second kappa shape index (κ2) is 10.2. The Labute approximate surface area is 188 Å². The van der Waals surface area contributed by atoms with Crippen LogP contribution in [-0.4, -0.2) is 56.1 Å². The van der Waals surface area contributed by atoms with Gasteiger partial charge < -0.3 is 9.64 Å². The van der Waals surface area contributed by atoms with Crippen LogP contribution in [0.5, 0.6) is 0 Å². The molecule has 29 heavy (non-hydrogen) atoms. The van der Waals surface area contributed by atoms with Gasteiger partial charge in [0.1, 0.15) is 0 Å². The van der Waals surface area contributed by atoms with E-state index in [2.05, 4.69) is 20.9 Å². The first-order chi connectivity index (χ1) is 13.4. The predicted octanol–water partition coefficient (Wildman–Crippen LogP) is 4.48. The second-order valence-corrected chi connectivity index (χ2v) is 8.36. The number of benzene rings is 2. The Bertz CT molecular complexity index is 1010. The zero-order chi connectivity index (χ0) is 20.3.